The lowest BCUT2D eigenvalue weighted by Crippen LogP contribution is -2.23. The van der Waals surface area contributed by atoms with E-state index >= 15 is 0 Å². The zero-order chi connectivity index (χ0) is 17.7. The Labute approximate surface area is 139 Å². The molecule has 1 aliphatic rings. The van der Waals surface area contributed by atoms with Gasteiger partial charge in [-0.05, 0) is 29.8 Å². The zero-order valence-electron chi connectivity index (χ0n) is 12.5. The molecule has 25 heavy (non-hydrogen) atoms. The first-order valence-corrected chi connectivity index (χ1v) is 7.25. The monoisotopic (exact) mass is 341 g/mol. The Morgan fingerprint density at radius 2 is 1.76 bits per heavy atom. The summed E-state index contributed by atoms with van der Waals surface area (Å²) in [6, 6.07) is 7.10. The Bertz CT molecular complexity index is 1040. The molecule has 6 nitrogen and oxygen atoms in total. The molecule has 0 radical (unpaired) electrons. The minimum absolute atomic E-state index is 0.0338. The van der Waals surface area contributed by atoms with Crippen molar-refractivity contribution in [1.29, 1.82) is 0 Å². The standard InChI is InChI=1S/C17H9F2N3O3/c18-9-4-8(5-10(19)6-9)7-22-15-14(20-21-22)17(25)13-11(16(15)24)2-1-3-12(13)23/h1-6,23H,7H2. The molecule has 0 fully saturated rings. The highest BCUT2D eigenvalue weighted by atomic mass is 19.1. The number of aromatic hydroxyl groups is 1. The number of ketones is 2. The molecule has 0 unspecified atom stereocenters. The lowest BCUT2D eigenvalue weighted by atomic mass is 9.89. The van der Waals surface area contributed by atoms with Crippen LogP contribution in [-0.2, 0) is 6.54 Å². The molecule has 4 rings (SSSR count). The summed E-state index contributed by atoms with van der Waals surface area (Å²) < 4.78 is 27.8. The van der Waals surface area contributed by atoms with Gasteiger partial charge < -0.3 is 5.11 Å². The van der Waals surface area contributed by atoms with Crippen molar-refractivity contribution in [1.82, 2.24) is 15.0 Å². The average molecular weight is 341 g/mol. The Morgan fingerprint density at radius 1 is 1.04 bits per heavy atom. The summed E-state index contributed by atoms with van der Waals surface area (Å²) in [6.45, 7) is -0.135. The number of fused-ring (bicyclic) bond motifs is 2. The van der Waals surface area contributed by atoms with E-state index in [0.717, 1.165) is 22.9 Å². The molecule has 1 N–H and O–H groups in total. The van der Waals surface area contributed by atoms with Gasteiger partial charge in [0.1, 0.15) is 23.1 Å². The van der Waals surface area contributed by atoms with Crippen LogP contribution in [0.4, 0.5) is 8.78 Å². The third kappa shape index (κ3) is 2.30. The van der Waals surface area contributed by atoms with Crippen LogP contribution in [-0.4, -0.2) is 31.7 Å². The van der Waals surface area contributed by atoms with Crippen LogP contribution in [0.1, 0.15) is 37.7 Å². The van der Waals surface area contributed by atoms with Crippen LogP contribution < -0.4 is 0 Å². The Kier molecular flexibility index (Phi) is 3.21. The number of phenolic OH excluding ortho intramolecular Hbond substituents is 1. The van der Waals surface area contributed by atoms with Gasteiger partial charge in [0.15, 0.2) is 5.69 Å². The second-order valence-corrected chi connectivity index (χ2v) is 5.58. The Hall–Kier alpha value is -3.42. The summed E-state index contributed by atoms with van der Waals surface area (Å²) in [7, 11) is 0. The van der Waals surface area contributed by atoms with Crippen molar-refractivity contribution in [3.63, 3.8) is 0 Å². The van der Waals surface area contributed by atoms with Crippen molar-refractivity contribution in [2.24, 2.45) is 0 Å². The molecule has 124 valence electrons. The van der Waals surface area contributed by atoms with Gasteiger partial charge in [0.05, 0.1) is 12.1 Å². The molecule has 0 saturated heterocycles. The lowest BCUT2D eigenvalue weighted by molar-refractivity contribution is 0.0968. The second-order valence-electron chi connectivity index (χ2n) is 5.58. The van der Waals surface area contributed by atoms with Crippen LogP contribution in [0, 0.1) is 11.6 Å². The van der Waals surface area contributed by atoms with Crippen LogP contribution >= 0.6 is 0 Å². The summed E-state index contributed by atoms with van der Waals surface area (Å²) in [5.74, 6) is -3.01. The van der Waals surface area contributed by atoms with Crippen molar-refractivity contribution in [3.05, 3.63) is 76.1 Å². The number of aromatic nitrogens is 3. The van der Waals surface area contributed by atoms with Crippen molar-refractivity contribution < 1.29 is 23.5 Å². The van der Waals surface area contributed by atoms with Gasteiger partial charge >= 0.3 is 0 Å². The Balaban J connectivity index is 1.82. The molecule has 0 atom stereocenters. The summed E-state index contributed by atoms with van der Waals surface area (Å²) >= 11 is 0. The maximum Gasteiger partial charge on any atom is 0.220 e. The highest BCUT2D eigenvalue weighted by Gasteiger charge is 2.36. The minimum atomic E-state index is -0.762. The van der Waals surface area contributed by atoms with Gasteiger partial charge in [-0.15, -0.1) is 5.10 Å². The van der Waals surface area contributed by atoms with Crippen molar-refractivity contribution >= 4 is 11.6 Å². The molecule has 0 amide bonds. The molecule has 0 aliphatic heterocycles. The van der Waals surface area contributed by atoms with Crippen LogP contribution in [0.3, 0.4) is 0 Å². The van der Waals surface area contributed by atoms with E-state index in [0.29, 0.717) is 0 Å². The SMILES string of the molecule is O=C1c2nnn(Cc3cc(F)cc(F)c3)c2C(=O)c2cccc(O)c21. The first-order valence-electron chi connectivity index (χ1n) is 7.25. The Morgan fingerprint density at radius 3 is 2.48 bits per heavy atom. The van der Waals surface area contributed by atoms with Gasteiger partial charge in [-0.1, -0.05) is 11.3 Å². The van der Waals surface area contributed by atoms with Crippen LogP contribution in [0.25, 0.3) is 0 Å². The number of carbonyl (C=O) groups is 2. The molecule has 0 spiro atoms. The average Bonchev–Trinajstić information content (AvgIpc) is 2.95. The third-order valence-electron chi connectivity index (χ3n) is 3.93. The van der Waals surface area contributed by atoms with Crippen molar-refractivity contribution in [2.45, 2.75) is 6.54 Å². The number of phenols is 1. The molecule has 8 heteroatoms. The fraction of sp³-hybridized carbons (Fsp3) is 0.0588. The van der Waals surface area contributed by atoms with E-state index in [1.165, 1.54) is 18.2 Å². The van der Waals surface area contributed by atoms with Gasteiger partial charge in [0.2, 0.25) is 11.6 Å². The van der Waals surface area contributed by atoms with E-state index < -0.39 is 23.2 Å². The molecule has 2 aromatic carbocycles. The largest absolute Gasteiger partial charge is 0.507 e. The summed E-state index contributed by atoms with van der Waals surface area (Å²) in [5.41, 5.74) is -0.133. The fourth-order valence-electron chi connectivity index (χ4n) is 2.89. The van der Waals surface area contributed by atoms with E-state index in [4.69, 9.17) is 0 Å². The van der Waals surface area contributed by atoms with Crippen LogP contribution in [0.2, 0.25) is 0 Å². The van der Waals surface area contributed by atoms with Gasteiger partial charge in [0, 0.05) is 11.6 Å². The zero-order valence-corrected chi connectivity index (χ0v) is 12.5. The summed E-state index contributed by atoms with van der Waals surface area (Å²) in [6.07, 6.45) is 0. The van der Waals surface area contributed by atoms with E-state index in [-0.39, 0.29) is 40.4 Å². The van der Waals surface area contributed by atoms with Gasteiger partial charge in [-0.3, -0.25) is 9.59 Å². The molecular formula is C17H9F2N3O3. The van der Waals surface area contributed by atoms with E-state index in [9.17, 15) is 23.5 Å². The number of rotatable bonds is 2. The van der Waals surface area contributed by atoms with Crippen LogP contribution in [0.5, 0.6) is 5.75 Å². The number of nitrogens with zero attached hydrogens (tertiary/aromatic N) is 3. The summed E-state index contributed by atoms with van der Waals surface area (Å²) in [4.78, 5) is 25.2. The second kappa shape index (κ2) is 5.30. The highest BCUT2D eigenvalue weighted by molar-refractivity contribution is 6.27. The van der Waals surface area contributed by atoms with Gasteiger partial charge in [-0.2, -0.15) is 0 Å². The fourth-order valence-corrected chi connectivity index (χ4v) is 2.89. The smallest absolute Gasteiger partial charge is 0.220 e. The number of hydrogen-bond donors (Lipinski definition) is 1. The van der Waals surface area contributed by atoms with E-state index in [2.05, 4.69) is 10.3 Å². The topological polar surface area (TPSA) is 85.1 Å². The van der Waals surface area contributed by atoms with E-state index in [1.54, 1.807) is 0 Å². The number of hydrogen-bond acceptors (Lipinski definition) is 5. The molecule has 1 aliphatic carbocycles. The predicted octanol–water partition coefficient (Wildman–Crippen LogP) is 2.09. The molecule has 3 aromatic rings. The summed E-state index contributed by atoms with van der Waals surface area (Å²) in [5, 5.41) is 17.3. The first-order chi connectivity index (χ1) is 12.0. The molecule has 1 aromatic heterocycles. The molecule has 0 bridgehead atoms. The number of carbonyl (C=O) groups excluding carboxylic acids is 2. The van der Waals surface area contributed by atoms with Crippen molar-refractivity contribution in [2.75, 3.05) is 0 Å². The number of halogens is 2. The normalized spacial score (nSPS) is 12.9. The molecule has 0 saturated carbocycles. The maximum absolute atomic E-state index is 13.3. The van der Waals surface area contributed by atoms with Gasteiger partial charge in [-0.25, -0.2) is 13.5 Å². The highest BCUT2D eigenvalue weighted by Crippen LogP contribution is 2.31. The minimum Gasteiger partial charge on any atom is -0.507 e. The first kappa shape index (κ1) is 15.1. The van der Waals surface area contributed by atoms with E-state index in [1.807, 2.05) is 0 Å². The van der Waals surface area contributed by atoms with Crippen LogP contribution in [0.15, 0.2) is 36.4 Å². The number of benzene rings is 2. The van der Waals surface area contributed by atoms with Crippen molar-refractivity contribution in [3.8, 4) is 5.75 Å². The lowest BCUT2D eigenvalue weighted by Gasteiger charge is -2.15. The van der Waals surface area contributed by atoms with Gasteiger partial charge in [0.25, 0.3) is 0 Å². The quantitative estimate of drug-likeness (QED) is 0.603. The molecular weight excluding hydrogens is 332 g/mol. The predicted molar refractivity (Wildman–Crippen MR) is 80.5 cm³/mol. The molecule has 1 heterocycles. The maximum atomic E-state index is 13.3. The third-order valence-corrected chi connectivity index (χ3v) is 3.93.